The molecule has 0 saturated carbocycles. The minimum Gasteiger partial charge on any atom is -0.454 e. The van der Waals surface area contributed by atoms with Gasteiger partial charge in [0.2, 0.25) is 0 Å². The maximum atomic E-state index is 12.8. The van der Waals surface area contributed by atoms with Crippen molar-refractivity contribution in [2.24, 2.45) is 7.05 Å². The van der Waals surface area contributed by atoms with Crippen molar-refractivity contribution in [1.82, 2.24) is 19.6 Å². The minimum absolute atomic E-state index is 0.0928. The highest BCUT2D eigenvalue weighted by Gasteiger charge is 2.24. The van der Waals surface area contributed by atoms with E-state index in [2.05, 4.69) is 16.9 Å². The van der Waals surface area contributed by atoms with E-state index in [9.17, 15) is 4.79 Å². The van der Waals surface area contributed by atoms with Gasteiger partial charge in [-0.25, -0.2) is 0 Å². The van der Waals surface area contributed by atoms with Crippen LogP contribution in [-0.4, -0.2) is 45.6 Å². The molecular formula is C20H30N4O2. The summed E-state index contributed by atoms with van der Waals surface area (Å²) in [5, 5.41) is 4.42. The van der Waals surface area contributed by atoms with E-state index in [1.165, 1.54) is 19.3 Å². The fourth-order valence-corrected chi connectivity index (χ4v) is 3.72. The number of furan rings is 1. The Bertz CT molecular complexity index is 771. The monoisotopic (exact) mass is 358 g/mol. The molecule has 3 rings (SSSR count). The largest absolute Gasteiger partial charge is 0.454 e. The Labute approximate surface area is 155 Å². The number of aryl methyl sites for hydroxylation is 2. The zero-order valence-electron chi connectivity index (χ0n) is 16.6. The topological polar surface area (TPSA) is 54.5 Å². The van der Waals surface area contributed by atoms with Crippen LogP contribution in [0.4, 0.5) is 0 Å². The predicted molar refractivity (Wildman–Crippen MR) is 101 cm³/mol. The van der Waals surface area contributed by atoms with E-state index in [-0.39, 0.29) is 11.9 Å². The lowest BCUT2D eigenvalue weighted by atomic mass is 10.1. The molecule has 1 fully saturated rings. The normalized spacial score (nSPS) is 16.7. The van der Waals surface area contributed by atoms with Crippen molar-refractivity contribution in [2.75, 3.05) is 20.1 Å². The molecule has 2 aromatic rings. The maximum Gasteiger partial charge on any atom is 0.289 e. The number of hydrogen-bond acceptors (Lipinski definition) is 4. The average molecular weight is 358 g/mol. The van der Waals surface area contributed by atoms with Crippen molar-refractivity contribution in [3.63, 3.8) is 0 Å². The van der Waals surface area contributed by atoms with Crippen molar-refractivity contribution in [2.45, 2.75) is 52.6 Å². The predicted octanol–water partition coefficient (Wildman–Crippen LogP) is 3.45. The molecule has 1 aliphatic rings. The lowest BCUT2D eigenvalue weighted by Gasteiger charge is -2.31. The molecule has 0 bridgehead atoms. The molecule has 6 nitrogen and oxygen atoms in total. The molecule has 1 unspecified atom stereocenters. The second-order valence-corrected chi connectivity index (χ2v) is 7.41. The summed E-state index contributed by atoms with van der Waals surface area (Å²) >= 11 is 0. The first-order chi connectivity index (χ1) is 12.4. The van der Waals surface area contributed by atoms with Gasteiger partial charge in [0.1, 0.15) is 5.76 Å². The molecule has 1 aliphatic heterocycles. The highest BCUT2D eigenvalue weighted by molar-refractivity contribution is 5.91. The number of hydrogen-bond donors (Lipinski definition) is 0. The van der Waals surface area contributed by atoms with E-state index in [0.717, 1.165) is 35.8 Å². The molecule has 3 heterocycles. The molecule has 0 N–H and O–H groups in total. The number of likely N-dealkylation sites (tertiary alicyclic amines) is 1. The summed E-state index contributed by atoms with van der Waals surface area (Å²) < 4.78 is 7.79. The summed E-state index contributed by atoms with van der Waals surface area (Å²) in [6, 6.07) is 3.96. The fraction of sp³-hybridized carbons (Fsp3) is 0.600. The molecule has 0 aromatic carbocycles. The Balaban J connectivity index is 1.69. The van der Waals surface area contributed by atoms with Gasteiger partial charge < -0.3 is 9.32 Å². The average Bonchev–Trinajstić information content (AvgIpc) is 3.22. The van der Waals surface area contributed by atoms with Gasteiger partial charge in [-0.3, -0.25) is 14.4 Å². The highest BCUT2D eigenvalue weighted by Crippen LogP contribution is 2.26. The number of nitrogens with zero attached hydrogens (tertiary/aromatic N) is 4. The number of carbonyl (C=O) groups excluding carboxylic acids is 1. The van der Waals surface area contributed by atoms with Crippen molar-refractivity contribution >= 4 is 5.91 Å². The summed E-state index contributed by atoms with van der Waals surface area (Å²) in [6.07, 6.45) is 3.79. The first-order valence-electron chi connectivity index (χ1n) is 9.46. The first-order valence-corrected chi connectivity index (χ1v) is 9.46. The van der Waals surface area contributed by atoms with E-state index >= 15 is 0 Å². The van der Waals surface area contributed by atoms with E-state index in [4.69, 9.17) is 4.42 Å². The highest BCUT2D eigenvalue weighted by atomic mass is 16.4. The summed E-state index contributed by atoms with van der Waals surface area (Å²) in [5.74, 6) is 1.19. The molecule has 0 radical (unpaired) electrons. The van der Waals surface area contributed by atoms with Gasteiger partial charge >= 0.3 is 0 Å². The molecule has 6 heteroatoms. The lowest BCUT2D eigenvalue weighted by molar-refractivity contribution is 0.0745. The van der Waals surface area contributed by atoms with Gasteiger partial charge in [0.05, 0.1) is 11.7 Å². The molecule has 2 aromatic heterocycles. The van der Waals surface area contributed by atoms with Gasteiger partial charge in [-0.2, -0.15) is 5.10 Å². The summed E-state index contributed by atoms with van der Waals surface area (Å²) in [6.45, 7) is 8.90. The van der Waals surface area contributed by atoms with Gasteiger partial charge in [0.25, 0.3) is 5.91 Å². The standard InChI is InChI=1S/C20H30N4O2/c1-14-17(15(2)23(5)21-14)13-22(4)20(25)19-10-9-18(26-19)16(3)24-11-7-6-8-12-24/h9-10,16H,6-8,11-13H2,1-5H3. The molecule has 142 valence electrons. The van der Waals surface area contributed by atoms with Gasteiger partial charge in [0, 0.05) is 31.9 Å². The van der Waals surface area contributed by atoms with Crippen molar-refractivity contribution < 1.29 is 9.21 Å². The second kappa shape index (κ2) is 7.66. The van der Waals surface area contributed by atoms with Crippen LogP contribution >= 0.6 is 0 Å². The van der Waals surface area contributed by atoms with E-state index in [1.54, 1.807) is 11.0 Å². The van der Waals surface area contributed by atoms with Crippen LogP contribution in [0.25, 0.3) is 0 Å². The number of rotatable bonds is 5. The van der Waals surface area contributed by atoms with Gasteiger partial charge in [-0.1, -0.05) is 6.42 Å². The Hall–Kier alpha value is -2.08. The van der Waals surface area contributed by atoms with Crippen LogP contribution in [0.1, 0.15) is 65.5 Å². The third kappa shape index (κ3) is 3.70. The lowest BCUT2D eigenvalue weighted by Crippen LogP contribution is -2.32. The molecule has 1 amide bonds. The van der Waals surface area contributed by atoms with Crippen LogP contribution in [0.15, 0.2) is 16.5 Å². The number of amides is 1. The first kappa shape index (κ1) is 18.7. The van der Waals surface area contributed by atoms with Crippen LogP contribution in [0.3, 0.4) is 0 Å². The Morgan fingerprint density at radius 1 is 1.27 bits per heavy atom. The minimum atomic E-state index is -0.0928. The van der Waals surface area contributed by atoms with Crippen molar-refractivity contribution in [1.29, 1.82) is 0 Å². The Kier molecular flexibility index (Phi) is 5.51. The summed E-state index contributed by atoms with van der Waals surface area (Å²) in [5.41, 5.74) is 3.14. The molecular weight excluding hydrogens is 328 g/mol. The third-order valence-corrected chi connectivity index (χ3v) is 5.59. The number of carbonyl (C=O) groups is 1. The molecule has 1 saturated heterocycles. The zero-order chi connectivity index (χ0) is 18.8. The number of piperidine rings is 1. The zero-order valence-corrected chi connectivity index (χ0v) is 16.6. The molecule has 0 aliphatic carbocycles. The quantitative estimate of drug-likeness (QED) is 0.821. The molecule has 1 atom stereocenters. The molecule has 0 spiro atoms. The Morgan fingerprint density at radius 3 is 2.58 bits per heavy atom. The van der Waals surface area contributed by atoms with Crippen LogP contribution < -0.4 is 0 Å². The van der Waals surface area contributed by atoms with Crippen LogP contribution in [0.5, 0.6) is 0 Å². The third-order valence-electron chi connectivity index (χ3n) is 5.59. The van der Waals surface area contributed by atoms with Gasteiger partial charge in [-0.05, 0) is 58.8 Å². The van der Waals surface area contributed by atoms with Gasteiger partial charge in [-0.15, -0.1) is 0 Å². The van der Waals surface area contributed by atoms with Crippen LogP contribution in [0, 0.1) is 13.8 Å². The number of aromatic nitrogens is 2. The van der Waals surface area contributed by atoms with Crippen LogP contribution in [0.2, 0.25) is 0 Å². The van der Waals surface area contributed by atoms with Crippen molar-refractivity contribution in [3.05, 3.63) is 40.6 Å². The SMILES string of the molecule is Cc1nn(C)c(C)c1CN(C)C(=O)c1ccc(C(C)N2CCCCC2)o1. The van der Waals surface area contributed by atoms with Crippen LogP contribution in [-0.2, 0) is 13.6 Å². The Morgan fingerprint density at radius 2 is 1.96 bits per heavy atom. The van der Waals surface area contributed by atoms with Gasteiger partial charge in [0.15, 0.2) is 5.76 Å². The van der Waals surface area contributed by atoms with E-state index in [0.29, 0.717) is 12.3 Å². The maximum absolute atomic E-state index is 12.8. The van der Waals surface area contributed by atoms with Crippen molar-refractivity contribution in [3.8, 4) is 0 Å². The second-order valence-electron chi connectivity index (χ2n) is 7.41. The fourth-order valence-electron chi connectivity index (χ4n) is 3.72. The van der Waals surface area contributed by atoms with E-state index in [1.807, 2.05) is 38.7 Å². The smallest absolute Gasteiger partial charge is 0.289 e. The van der Waals surface area contributed by atoms with E-state index < -0.39 is 0 Å². The summed E-state index contributed by atoms with van der Waals surface area (Å²) in [4.78, 5) is 16.9. The summed E-state index contributed by atoms with van der Waals surface area (Å²) in [7, 11) is 3.74. The molecule has 26 heavy (non-hydrogen) atoms.